The van der Waals surface area contributed by atoms with Gasteiger partial charge < -0.3 is 24.6 Å². The molecule has 20 heavy (non-hydrogen) atoms. The van der Waals surface area contributed by atoms with E-state index in [1.54, 1.807) is 7.11 Å². The number of hydrogen-bond acceptors (Lipinski definition) is 5. The minimum Gasteiger partial charge on any atom is -0.493 e. The lowest BCUT2D eigenvalue weighted by Gasteiger charge is -2.23. The molecule has 2 N–H and O–H groups in total. The maximum absolute atomic E-state index is 9.34. The Bertz CT molecular complexity index is 430. The lowest BCUT2D eigenvalue weighted by molar-refractivity contribution is 0.164. The highest BCUT2D eigenvalue weighted by Crippen LogP contribution is 2.40. The third-order valence-corrected chi connectivity index (χ3v) is 3.46. The molecular formula is C15H23NO4. The Balaban J connectivity index is 2.12. The predicted octanol–water partition coefficient (Wildman–Crippen LogP) is 1.57. The van der Waals surface area contributed by atoms with E-state index in [0.717, 1.165) is 11.3 Å². The molecule has 112 valence electrons. The van der Waals surface area contributed by atoms with Gasteiger partial charge in [0.05, 0.1) is 13.7 Å². The molecule has 0 saturated heterocycles. The third-order valence-electron chi connectivity index (χ3n) is 3.46. The second-order valence-electron chi connectivity index (χ2n) is 5.24. The van der Waals surface area contributed by atoms with Crippen LogP contribution in [-0.2, 0) is 6.54 Å². The van der Waals surface area contributed by atoms with Crippen LogP contribution in [0.5, 0.6) is 17.2 Å². The van der Waals surface area contributed by atoms with E-state index in [1.165, 1.54) is 0 Å². The van der Waals surface area contributed by atoms with Crippen molar-refractivity contribution in [2.75, 3.05) is 26.9 Å². The maximum atomic E-state index is 9.34. The van der Waals surface area contributed by atoms with Crippen LogP contribution in [0.3, 0.4) is 0 Å². The molecule has 0 aliphatic carbocycles. The number of aliphatic hydroxyl groups is 1. The molecule has 0 saturated carbocycles. The van der Waals surface area contributed by atoms with Crippen LogP contribution in [0.4, 0.5) is 0 Å². The largest absolute Gasteiger partial charge is 0.493 e. The van der Waals surface area contributed by atoms with E-state index in [-0.39, 0.29) is 12.6 Å². The highest BCUT2D eigenvalue weighted by atomic mass is 16.6. The quantitative estimate of drug-likeness (QED) is 0.829. The molecule has 1 aromatic carbocycles. The van der Waals surface area contributed by atoms with Gasteiger partial charge in [-0.2, -0.15) is 0 Å². The smallest absolute Gasteiger partial charge is 0.203 e. The normalized spacial score (nSPS) is 15.2. The van der Waals surface area contributed by atoms with Gasteiger partial charge >= 0.3 is 0 Å². The van der Waals surface area contributed by atoms with Gasteiger partial charge in [0.2, 0.25) is 5.75 Å². The second kappa shape index (κ2) is 6.81. The Kier molecular flexibility index (Phi) is 5.09. The minimum atomic E-state index is 0.0780. The van der Waals surface area contributed by atoms with Crippen molar-refractivity contribution < 1.29 is 19.3 Å². The number of methoxy groups -OCH3 is 1. The number of ether oxygens (including phenoxy) is 3. The topological polar surface area (TPSA) is 60.0 Å². The van der Waals surface area contributed by atoms with E-state index in [0.29, 0.717) is 37.2 Å². The molecule has 0 radical (unpaired) electrons. The van der Waals surface area contributed by atoms with Gasteiger partial charge in [0.25, 0.3) is 0 Å². The Morgan fingerprint density at radius 1 is 1.30 bits per heavy atom. The molecule has 1 aromatic rings. The number of nitrogens with one attached hydrogen (secondary N) is 1. The van der Waals surface area contributed by atoms with E-state index in [4.69, 9.17) is 14.2 Å². The van der Waals surface area contributed by atoms with E-state index < -0.39 is 0 Å². The van der Waals surface area contributed by atoms with Gasteiger partial charge in [-0.05, 0) is 23.6 Å². The maximum Gasteiger partial charge on any atom is 0.203 e. The van der Waals surface area contributed by atoms with Crippen molar-refractivity contribution in [1.82, 2.24) is 5.32 Å². The fourth-order valence-electron chi connectivity index (χ4n) is 2.19. The van der Waals surface area contributed by atoms with Crippen molar-refractivity contribution >= 4 is 0 Å². The summed E-state index contributed by atoms with van der Waals surface area (Å²) in [5.41, 5.74) is 1.05. The SMILES string of the molecule is COc1cc(CNC(CO)C(C)C)cc2c1OCCO2. The first-order valence-electron chi connectivity index (χ1n) is 6.96. The molecule has 5 nitrogen and oxygen atoms in total. The molecule has 1 heterocycles. The van der Waals surface area contributed by atoms with Crippen LogP contribution in [0.1, 0.15) is 19.4 Å². The molecule has 1 unspecified atom stereocenters. The van der Waals surface area contributed by atoms with E-state index >= 15 is 0 Å². The fourth-order valence-corrected chi connectivity index (χ4v) is 2.19. The summed E-state index contributed by atoms with van der Waals surface area (Å²) >= 11 is 0. The van der Waals surface area contributed by atoms with Crippen LogP contribution in [0.25, 0.3) is 0 Å². The Hall–Kier alpha value is -1.46. The molecule has 0 bridgehead atoms. The fraction of sp³-hybridized carbons (Fsp3) is 0.600. The minimum absolute atomic E-state index is 0.0780. The summed E-state index contributed by atoms with van der Waals surface area (Å²) in [6.07, 6.45) is 0. The molecule has 0 aromatic heterocycles. The van der Waals surface area contributed by atoms with Gasteiger partial charge in [0, 0.05) is 12.6 Å². The third kappa shape index (κ3) is 3.35. The molecule has 5 heteroatoms. The number of benzene rings is 1. The van der Waals surface area contributed by atoms with Crippen molar-refractivity contribution in [3.8, 4) is 17.2 Å². The summed E-state index contributed by atoms with van der Waals surface area (Å²) < 4.78 is 16.5. The summed E-state index contributed by atoms with van der Waals surface area (Å²) in [6.45, 7) is 6.03. The molecule has 0 fully saturated rings. The summed E-state index contributed by atoms with van der Waals surface area (Å²) in [5, 5.41) is 12.7. The predicted molar refractivity (Wildman–Crippen MR) is 76.5 cm³/mol. The molecule has 0 amide bonds. The Labute approximate surface area is 119 Å². The van der Waals surface area contributed by atoms with E-state index in [9.17, 15) is 5.11 Å². The number of hydrogen-bond donors (Lipinski definition) is 2. The molecule has 1 atom stereocenters. The van der Waals surface area contributed by atoms with Crippen molar-refractivity contribution in [3.63, 3.8) is 0 Å². The summed E-state index contributed by atoms with van der Waals surface area (Å²) in [4.78, 5) is 0. The molecule has 2 rings (SSSR count). The second-order valence-corrected chi connectivity index (χ2v) is 5.24. The van der Waals surface area contributed by atoms with Crippen molar-refractivity contribution in [2.24, 2.45) is 5.92 Å². The average Bonchev–Trinajstić information content (AvgIpc) is 2.46. The van der Waals surface area contributed by atoms with Gasteiger partial charge in [-0.3, -0.25) is 0 Å². The summed E-state index contributed by atoms with van der Waals surface area (Å²) in [6, 6.07) is 3.97. The van der Waals surface area contributed by atoms with Crippen LogP contribution in [0.2, 0.25) is 0 Å². The lowest BCUT2D eigenvalue weighted by atomic mass is 10.0. The molecule has 1 aliphatic heterocycles. The van der Waals surface area contributed by atoms with Crippen LogP contribution >= 0.6 is 0 Å². The Morgan fingerprint density at radius 3 is 2.70 bits per heavy atom. The van der Waals surface area contributed by atoms with Crippen molar-refractivity contribution in [1.29, 1.82) is 0 Å². The van der Waals surface area contributed by atoms with Gasteiger partial charge in [-0.15, -0.1) is 0 Å². The highest BCUT2D eigenvalue weighted by molar-refractivity contribution is 5.54. The van der Waals surface area contributed by atoms with Crippen molar-refractivity contribution in [3.05, 3.63) is 17.7 Å². The Morgan fingerprint density at radius 2 is 2.05 bits per heavy atom. The molecular weight excluding hydrogens is 258 g/mol. The van der Waals surface area contributed by atoms with Crippen LogP contribution in [-0.4, -0.2) is 38.1 Å². The van der Waals surface area contributed by atoms with Crippen LogP contribution in [0.15, 0.2) is 12.1 Å². The van der Waals surface area contributed by atoms with Crippen LogP contribution in [0, 0.1) is 5.92 Å². The first kappa shape index (κ1) is 14.9. The monoisotopic (exact) mass is 281 g/mol. The van der Waals surface area contributed by atoms with E-state index in [2.05, 4.69) is 19.2 Å². The van der Waals surface area contributed by atoms with Crippen molar-refractivity contribution in [2.45, 2.75) is 26.4 Å². The van der Waals surface area contributed by atoms with Gasteiger partial charge in [0.15, 0.2) is 11.5 Å². The summed E-state index contributed by atoms with van der Waals surface area (Å²) in [7, 11) is 1.62. The zero-order valence-corrected chi connectivity index (χ0v) is 12.3. The average molecular weight is 281 g/mol. The summed E-state index contributed by atoms with van der Waals surface area (Å²) in [5.74, 6) is 2.45. The lowest BCUT2D eigenvalue weighted by Crippen LogP contribution is -2.36. The first-order chi connectivity index (χ1) is 9.65. The van der Waals surface area contributed by atoms with Gasteiger partial charge in [-0.25, -0.2) is 0 Å². The standard InChI is InChI=1S/C15H23NO4/c1-10(2)12(9-17)16-8-11-6-13(18-3)15-14(7-11)19-4-5-20-15/h6-7,10,12,16-17H,4-5,8-9H2,1-3H3. The molecule has 1 aliphatic rings. The van der Waals surface area contributed by atoms with E-state index in [1.807, 2.05) is 12.1 Å². The zero-order chi connectivity index (χ0) is 14.5. The number of rotatable bonds is 6. The highest BCUT2D eigenvalue weighted by Gasteiger charge is 2.19. The van der Waals surface area contributed by atoms with Crippen LogP contribution < -0.4 is 19.5 Å². The number of aliphatic hydroxyl groups excluding tert-OH is 1. The van der Waals surface area contributed by atoms with Gasteiger partial charge in [-0.1, -0.05) is 13.8 Å². The van der Waals surface area contributed by atoms with Gasteiger partial charge in [0.1, 0.15) is 13.2 Å². The first-order valence-corrected chi connectivity index (χ1v) is 6.96. The number of fused-ring (bicyclic) bond motifs is 1. The molecule has 0 spiro atoms. The zero-order valence-electron chi connectivity index (χ0n) is 12.3.